The molecule has 0 saturated carbocycles. The predicted octanol–water partition coefficient (Wildman–Crippen LogP) is 3.85. The molecule has 2 unspecified atom stereocenters. The van der Waals surface area contributed by atoms with E-state index in [9.17, 15) is 18.4 Å². The molecule has 8 heteroatoms. The van der Waals surface area contributed by atoms with Gasteiger partial charge in [-0.05, 0) is 32.1 Å². The molecule has 0 saturated heterocycles. The Morgan fingerprint density at radius 3 is 1.91 bits per heavy atom. The summed E-state index contributed by atoms with van der Waals surface area (Å²) in [6.07, 6.45) is 7.22. The molecule has 6 nitrogen and oxygen atoms in total. The lowest BCUT2D eigenvalue weighted by Crippen LogP contribution is -2.44. The second-order valence-corrected chi connectivity index (χ2v) is 8.95. The molecule has 0 aromatic carbocycles. The first-order valence-corrected chi connectivity index (χ1v) is 12.9. The van der Waals surface area contributed by atoms with Crippen LogP contribution in [0.15, 0.2) is 0 Å². The molecule has 0 radical (unpaired) electrons. The Hall–Kier alpha value is -2.00. The Balaban J connectivity index is 1.42. The monoisotopic (exact) mass is 495 g/mol. The fourth-order valence-electron chi connectivity index (χ4n) is 3.88. The summed E-state index contributed by atoms with van der Waals surface area (Å²) in [6, 6.07) is 0. The molecule has 0 aliphatic heterocycles. The van der Waals surface area contributed by atoms with Crippen LogP contribution in [0.25, 0.3) is 0 Å². The number of amides is 1. The molecular weight excluding hydrogens is 456 g/mol. The Morgan fingerprint density at radius 1 is 0.714 bits per heavy atom. The van der Waals surface area contributed by atoms with Crippen molar-refractivity contribution in [2.24, 2.45) is 0 Å². The third-order valence-electron chi connectivity index (χ3n) is 5.99. The van der Waals surface area contributed by atoms with Crippen LogP contribution in [-0.4, -0.2) is 69.2 Å². The minimum Gasteiger partial charge on any atom is -0.379 e. The summed E-state index contributed by atoms with van der Waals surface area (Å²) < 4.78 is 45.7. The van der Waals surface area contributed by atoms with Gasteiger partial charge in [-0.2, -0.15) is 0 Å². The van der Waals surface area contributed by atoms with Crippen LogP contribution in [0.2, 0.25) is 0 Å². The van der Waals surface area contributed by atoms with Crippen LogP contribution in [0, 0.1) is 23.7 Å². The number of halogens is 2. The molecule has 0 aromatic rings. The molecule has 1 amide bonds. The van der Waals surface area contributed by atoms with Crippen molar-refractivity contribution in [1.29, 1.82) is 0 Å². The molecule has 1 N–H and O–H groups in total. The minimum atomic E-state index is -2.10. The highest BCUT2D eigenvalue weighted by Gasteiger charge is 2.36. The van der Waals surface area contributed by atoms with Gasteiger partial charge in [-0.1, -0.05) is 36.5 Å². The number of ketones is 1. The first-order valence-electron chi connectivity index (χ1n) is 12.9. The van der Waals surface area contributed by atoms with E-state index < -0.39 is 23.0 Å². The zero-order valence-corrected chi connectivity index (χ0v) is 20.7. The van der Waals surface area contributed by atoms with E-state index in [-0.39, 0.29) is 32.4 Å². The number of ether oxygens (including phenoxy) is 3. The number of Topliss-reactive ketones (excluding diaryl/α,β-unsaturated/α-hetero) is 1. The van der Waals surface area contributed by atoms with Crippen LogP contribution in [0.4, 0.5) is 8.78 Å². The Labute approximate surface area is 208 Å². The van der Waals surface area contributed by atoms with Gasteiger partial charge in [-0.25, -0.2) is 8.78 Å². The molecule has 2 rings (SSSR count). The summed E-state index contributed by atoms with van der Waals surface area (Å²) in [5, 5.41) is 2.55. The Kier molecular flexibility index (Phi) is 13.9. The lowest BCUT2D eigenvalue weighted by Gasteiger charge is -2.20. The number of rotatable bonds is 15. The standard InChI is InChI=1S/C27H39F2NO5/c28-26(13-7-3-1-4-8-14-26)24(31)12-11-18-33-20-22-35-23-21-34-19-17-30-25(32)27(29)15-9-5-2-6-10-16-27/h1-7,9,11-13,15,17-23H2,(H,30,32). The van der Waals surface area contributed by atoms with E-state index >= 15 is 0 Å². The highest BCUT2D eigenvalue weighted by atomic mass is 19.1. The fraction of sp³-hybridized carbons (Fsp3) is 0.778. The SMILES string of the molecule is O=C(CCCOCCOCCOCCNC(=O)C1(F)C#CCCCCC1)C1(F)C#CCCCCC1. The summed E-state index contributed by atoms with van der Waals surface area (Å²) in [4.78, 5) is 24.3. The van der Waals surface area contributed by atoms with Crippen LogP contribution >= 0.6 is 0 Å². The molecule has 35 heavy (non-hydrogen) atoms. The van der Waals surface area contributed by atoms with Crippen molar-refractivity contribution in [3.05, 3.63) is 0 Å². The number of hydrogen-bond acceptors (Lipinski definition) is 5. The van der Waals surface area contributed by atoms with Crippen LogP contribution in [0.5, 0.6) is 0 Å². The van der Waals surface area contributed by atoms with Gasteiger partial charge >= 0.3 is 0 Å². The van der Waals surface area contributed by atoms with Crippen molar-refractivity contribution in [1.82, 2.24) is 5.32 Å². The van der Waals surface area contributed by atoms with Gasteiger partial charge in [0.1, 0.15) is 0 Å². The average molecular weight is 496 g/mol. The van der Waals surface area contributed by atoms with Crippen molar-refractivity contribution in [3.63, 3.8) is 0 Å². The zero-order chi connectivity index (χ0) is 25.2. The predicted molar refractivity (Wildman–Crippen MR) is 129 cm³/mol. The van der Waals surface area contributed by atoms with E-state index in [1.165, 1.54) is 0 Å². The summed E-state index contributed by atoms with van der Waals surface area (Å²) in [5.74, 6) is 9.42. The summed E-state index contributed by atoms with van der Waals surface area (Å²) >= 11 is 0. The molecule has 2 atom stereocenters. The smallest absolute Gasteiger partial charge is 0.270 e. The number of nitrogens with one attached hydrogen (secondary N) is 1. The highest BCUT2D eigenvalue weighted by Crippen LogP contribution is 2.25. The Bertz CT molecular complexity index is 720. The van der Waals surface area contributed by atoms with E-state index in [0.717, 1.165) is 25.7 Å². The van der Waals surface area contributed by atoms with Crippen molar-refractivity contribution < 1.29 is 32.6 Å². The number of carbonyl (C=O) groups excluding carboxylic acids is 2. The minimum absolute atomic E-state index is 0.118. The highest BCUT2D eigenvalue weighted by molar-refractivity contribution is 5.90. The molecule has 2 aliphatic rings. The second-order valence-electron chi connectivity index (χ2n) is 8.95. The van der Waals surface area contributed by atoms with E-state index in [2.05, 4.69) is 29.0 Å². The molecule has 0 heterocycles. The maximum absolute atomic E-state index is 14.8. The van der Waals surface area contributed by atoms with E-state index in [4.69, 9.17) is 14.2 Å². The van der Waals surface area contributed by atoms with Gasteiger partial charge in [0.25, 0.3) is 5.91 Å². The lowest BCUT2D eigenvalue weighted by molar-refractivity contribution is -0.130. The maximum Gasteiger partial charge on any atom is 0.270 e. The number of alkyl halides is 2. The van der Waals surface area contributed by atoms with Crippen LogP contribution in [-0.2, 0) is 23.8 Å². The molecule has 2 aliphatic carbocycles. The average Bonchev–Trinajstić information content (AvgIpc) is 2.81. The van der Waals surface area contributed by atoms with Crippen molar-refractivity contribution in [3.8, 4) is 23.7 Å². The molecule has 196 valence electrons. The van der Waals surface area contributed by atoms with E-state index in [1.807, 2.05) is 0 Å². The topological polar surface area (TPSA) is 73.9 Å². The summed E-state index contributed by atoms with van der Waals surface area (Å²) in [5.41, 5.74) is -4.10. The normalized spacial score (nSPS) is 24.4. The quantitative estimate of drug-likeness (QED) is 0.276. The second kappa shape index (κ2) is 16.6. The van der Waals surface area contributed by atoms with Gasteiger partial charge < -0.3 is 19.5 Å². The first kappa shape index (κ1) is 29.2. The Morgan fingerprint density at radius 2 is 1.26 bits per heavy atom. The third-order valence-corrected chi connectivity index (χ3v) is 5.99. The van der Waals surface area contributed by atoms with Crippen molar-refractivity contribution >= 4 is 11.7 Å². The largest absolute Gasteiger partial charge is 0.379 e. The summed E-state index contributed by atoms with van der Waals surface area (Å²) in [7, 11) is 0. The van der Waals surface area contributed by atoms with Gasteiger partial charge in [0.15, 0.2) is 5.78 Å². The van der Waals surface area contributed by atoms with Gasteiger partial charge in [-0.3, -0.25) is 9.59 Å². The maximum atomic E-state index is 14.8. The van der Waals surface area contributed by atoms with Gasteiger partial charge in [0.2, 0.25) is 11.3 Å². The van der Waals surface area contributed by atoms with Crippen molar-refractivity contribution in [2.75, 3.05) is 46.2 Å². The number of hydrogen-bond donors (Lipinski definition) is 1. The van der Waals surface area contributed by atoms with E-state index in [0.29, 0.717) is 65.1 Å². The van der Waals surface area contributed by atoms with Crippen LogP contribution in [0.1, 0.15) is 77.0 Å². The molecule has 0 spiro atoms. The van der Waals surface area contributed by atoms with Gasteiger partial charge in [-0.15, -0.1) is 0 Å². The summed E-state index contributed by atoms with van der Waals surface area (Å²) in [6.45, 7) is 2.25. The fourth-order valence-corrected chi connectivity index (χ4v) is 3.88. The van der Waals surface area contributed by atoms with Gasteiger partial charge in [0.05, 0.1) is 33.0 Å². The zero-order valence-electron chi connectivity index (χ0n) is 20.7. The number of carbonyl (C=O) groups is 2. The van der Waals surface area contributed by atoms with Crippen LogP contribution in [0.3, 0.4) is 0 Å². The first-order chi connectivity index (χ1) is 17.0. The lowest BCUT2D eigenvalue weighted by atomic mass is 9.89. The molecule has 0 bridgehead atoms. The van der Waals surface area contributed by atoms with Crippen LogP contribution < -0.4 is 5.32 Å². The molecule has 0 fully saturated rings. The third kappa shape index (κ3) is 11.5. The van der Waals surface area contributed by atoms with Crippen molar-refractivity contribution in [2.45, 2.75) is 88.4 Å². The molecule has 0 aromatic heterocycles. The molecular formula is C27H39F2NO5. The van der Waals surface area contributed by atoms with Gasteiger partial charge in [0, 0.05) is 45.3 Å². The van der Waals surface area contributed by atoms with E-state index in [1.54, 1.807) is 0 Å².